The summed E-state index contributed by atoms with van der Waals surface area (Å²) in [5.74, 6) is 0.552. The van der Waals surface area contributed by atoms with Crippen LogP contribution in [-0.2, 0) is 0 Å². The zero-order valence-electron chi connectivity index (χ0n) is 11.7. The largest absolute Gasteiger partial charge is 0.372 e. The summed E-state index contributed by atoms with van der Waals surface area (Å²) in [6, 6.07) is 13.1. The molecule has 1 N–H and O–H groups in total. The molecule has 21 heavy (non-hydrogen) atoms. The van der Waals surface area contributed by atoms with E-state index in [-0.39, 0.29) is 5.69 Å². The van der Waals surface area contributed by atoms with Crippen LogP contribution in [0.4, 0.5) is 5.82 Å². The van der Waals surface area contributed by atoms with E-state index in [2.05, 4.69) is 10.3 Å². The van der Waals surface area contributed by atoms with Gasteiger partial charge in [-0.25, -0.2) is 4.79 Å². The quantitative estimate of drug-likeness (QED) is 0.789. The number of aromatic nitrogens is 2. The van der Waals surface area contributed by atoms with E-state index < -0.39 is 0 Å². The summed E-state index contributed by atoms with van der Waals surface area (Å²) < 4.78 is 1.59. The Morgan fingerprint density at radius 2 is 1.95 bits per heavy atom. The number of halogens is 1. The van der Waals surface area contributed by atoms with Crippen LogP contribution in [0.1, 0.15) is 5.56 Å². The van der Waals surface area contributed by atoms with E-state index >= 15 is 0 Å². The lowest BCUT2D eigenvalue weighted by Gasteiger charge is -2.14. The number of hydrogen-bond acceptors (Lipinski definition) is 3. The molecule has 106 valence electrons. The standard InChI is InChI=1S/C16H14ClN3O/c1-10-5-3-4-6-13(10)20-14-9-11(17)7-8-12(14)15(18-2)19-16(20)21/h3-9H,1-2H3,(H,18,19,21). The van der Waals surface area contributed by atoms with Crippen molar-refractivity contribution < 1.29 is 0 Å². The molecule has 0 fully saturated rings. The van der Waals surface area contributed by atoms with Gasteiger partial charge in [0.2, 0.25) is 0 Å². The van der Waals surface area contributed by atoms with Gasteiger partial charge in [0.1, 0.15) is 5.82 Å². The van der Waals surface area contributed by atoms with Crippen LogP contribution in [0.25, 0.3) is 16.6 Å². The number of rotatable bonds is 2. The first-order valence-electron chi connectivity index (χ1n) is 6.58. The maximum Gasteiger partial charge on any atom is 0.354 e. The Labute approximate surface area is 127 Å². The molecule has 0 aliphatic carbocycles. The zero-order valence-corrected chi connectivity index (χ0v) is 12.5. The summed E-state index contributed by atoms with van der Waals surface area (Å²) >= 11 is 6.11. The average Bonchev–Trinajstić information content (AvgIpc) is 2.47. The molecule has 0 unspecified atom stereocenters. The highest BCUT2D eigenvalue weighted by atomic mass is 35.5. The number of hydrogen-bond donors (Lipinski definition) is 1. The van der Waals surface area contributed by atoms with Crippen LogP contribution in [0, 0.1) is 6.92 Å². The molecule has 3 aromatic rings. The van der Waals surface area contributed by atoms with Crippen molar-refractivity contribution in [2.45, 2.75) is 6.92 Å². The summed E-state index contributed by atoms with van der Waals surface area (Å²) in [6.07, 6.45) is 0. The van der Waals surface area contributed by atoms with Crippen LogP contribution < -0.4 is 11.0 Å². The SMILES string of the molecule is CNc1nc(=O)n(-c2ccccc2C)c2cc(Cl)ccc12. The third-order valence-corrected chi connectivity index (χ3v) is 3.68. The van der Waals surface area contributed by atoms with Gasteiger partial charge in [0, 0.05) is 17.5 Å². The van der Waals surface area contributed by atoms with Crippen molar-refractivity contribution in [3.63, 3.8) is 0 Å². The molecular formula is C16H14ClN3O. The molecule has 0 spiro atoms. The molecular weight excluding hydrogens is 286 g/mol. The van der Waals surface area contributed by atoms with E-state index in [1.54, 1.807) is 23.7 Å². The molecule has 1 heterocycles. The van der Waals surface area contributed by atoms with Crippen molar-refractivity contribution in [2.24, 2.45) is 0 Å². The first-order valence-corrected chi connectivity index (χ1v) is 6.95. The second-order valence-corrected chi connectivity index (χ2v) is 5.21. The Balaban J connectivity index is 2.48. The molecule has 0 saturated heterocycles. The van der Waals surface area contributed by atoms with Crippen molar-refractivity contribution in [1.29, 1.82) is 0 Å². The average molecular weight is 300 g/mol. The molecule has 5 heteroatoms. The maximum absolute atomic E-state index is 12.4. The number of nitrogens with zero attached hydrogens (tertiary/aromatic N) is 2. The lowest BCUT2D eigenvalue weighted by molar-refractivity contribution is 0.952. The van der Waals surface area contributed by atoms with Crippen molar-refractivity contribution in [3.8, 4) is 5.69 Å². The minimum Gasteiger partial charge on any atom is -0.372 e. The van der Waals surface area contributed by atoms with Gasteiger partial charge in [-0.1, -0.05) is 29.8 Å². The van der Waals surface area contributed by atoms with E-state index in [1.165, 1.54) is 0 Å². The number of benzene rings is 2. The topological polar surface area (TPSA) is 46.9 Å². The van der Waals surface area contributed by atoms with E-state index in [0.29, 0.717) is 10.8 Å². The van der Waals surface area contributed by atoms with Gasteiger partial charge in [-0.05, 0) is 36.8 Å². The Morgan fingerprint density at radius 3 is 2.67 bits per heavy atom. The molecule has 2 aromatic carbocycles. The lowest BCUT2D eigenvalue weighted by atomic mass is 10.1. The number of anilines is 1. The Hall–Kier alpha value is -2.33. The molecule has 0 saturated carbocycles. The first-order chi connectivity index (χ1) is 10.1. The third-order valence-electron chi connectivity index (χ3n) is 3.45. The summed E-state index contributed by atoms with van der Waals surface area (Å²) in [4.78, 5) is 16.6. The van der Waals surface area contributed by atoms with Crippen LogP contribution in [0.3, 0.4) is 0 Å². The summed E-state index contributed by atoms with van der Waals surface area (Å²) in [7, 11) is 1.74. The molecule has 0 aliphatic rings. The molecule has 4 nitrogen and oxygen atoms in total. The lowest BCUT2D eigenvalue weighted by Crippen LogP contribution is -2.23. The number of para-hydroxylation sites is 1. The molecule has 0 amide bonds. The van der Waals surface area contributed by atoms with Crippen LogP contribution in [0.5, 0.6) is 0 Å². The smallest absolute Gasteiger partial charge is 0.354 e. The van der Waals surface area contributed by atoms with Gasteiger partial charge in [0.05, 0.1) is 11.2 Å². The van der Waals surface area contributed by atoms with Gasteiger partial charge in [-0.15, -0.1) is 0 Å². The Kier molecular flexibility index (Phi) is 3.39. The predicted molar refractivity (Wildman–Crippen MR) is 86.6 cm³/mol. The highest BCUT2D eigenvalue weighted by Crippen LogP contribution is 2.25. The van der Waals surface area contributed by atoms with Crippen molar-refractivity contribution in [2.75, 3.05) is 12.4 Å². The van der Waals surface area contributed by atoms with E-state index in [9.17, 15) is 4.79 Å². The molecule has 0 bridgehead atoms. The Morgan fingerprint density at radius 1 is 1.19 bits per heavy atom. The maximum atomic E-state index is 12.4. The second-order valence-electron chi connectivity index (χ2n) is 4.78. The van der Waals surface area contributed by atoms with Crippen molar-refractivity contribution in [3.05, 3.63) is 63.5 Å². The number of aryl methyl sites for hydroxylation is 1. The molecule has 0 radical (unpaired) electrons. The van der Waals surface area contributed by atoms with Gasteiger partial charge in [0.25, 0.3) is 0 Å². The highest BCUT2D eigenvalue weighted by molar-refractivity contribution is 6.31. The van der Waals surface area contributed by atoms with Crippen LogP contribution in [0.15, 0.2) is 47.3 Å². The van der Waals surface area contributed by atoms with Gasteiger partial charge < -0.3 is 5.32 Å². The van der Waals surface area contributed by atoms with E-state index in [1.807, 2.05) is 37.3 Å². The minimum atomic E-state index is -0.330. The summed E-state index contributed by atoms with van der Waals surface area (Å²) in [6.45, 7) is 1.96. The van der Waals surface area contributed by atoms with E-state index in [4.69, 9.17) is 11.6 Å². The minimum absolute atomic E-state index is 0.330. The summed E-state index contributed by atoms with van der Waals surface area (Å²) in [5, 5.41) is 4.39. The fraction of sp³-hybridized carbons (Fsp3) is 0.125. The molecule has 0 atom stereocenters. The first kappa shape index (κ1) is 13.6. The van der Waals surface area contributed by atoms with Gasteiger partial charge >= 0.3 is 5.69 Å². The monoisotopic (exact) mass is 299 g/mol. The normalized spacial score (nSPS) is 10.8. The predicted octanol–water partition coefficient (Wildman–Crippen LogP) is 3.39. The zero-order chi connectivity index (χ0) is 15.0. The van der Waals surface area contributed by atoms with Gasteiger partial charge in [-0.2, -0.15) is 4.98 Å². The summed E-state index contributed by atoms with van der Waals surface area (Å²) in [5.41, 5.74) is 2.22. The second kappa shape index (κ2) is 5.22. The fourth-order valence-electron chi connectivity index (χ4n) is 2.44. The molecule has 1 aromatic heterocycles. The third kappa shape index (κ3) is 2.28. The van der Waals surface area contributed by atoms with Crippen LogP contribution in [-0.4, -0.2) is 16.6 Å². The van der Waals surface area contributed by atoms with Crippen molar-refractivity contribution in [1.82, 2.24) is 9.55 Å². The van der Waals surface area contributed by atoms with Crippen molar-refractivity contribution >= 4 is 28.3 Å². The molecule has 0 aliphatic heterocycles. The van der Waals surface area contributed by atoms with Gasteiger partial charge in [-0.3, -0.25) is 4.57 Å². The van der Waals surface area contributed by atoms with Gasteiger partial charge in [0.15, 0.2) is 0 Å². The number of fused-ring (bicyclic) bond motifs is 1. The van der Waals surface area contributed by atoms with Crippen LogP contribution in [0.2, 0.25) is 5.02 Å². The van der Waals surface area contributed by atoms with E-state index in [0.717, 1.165) is 22.2 Å². The highest BCUT2D eigenvalue weighted by Gasteiger charge is 2.12. The number of nitrogens with one attached hydrogen (secondary N) is 1. The fourth-order valence-corrected chi connectivity index (χ4v) is 2.60. The van der Waals surface area contributed by atoms with Crippen LogP contribution >= 0.6 is 11.6 Å². The Bertz CT molecular complexity index is 886. The molecule has 3 rings (SSSR count).